The number of hydrogen-bond donors (Lipinski definition) is 2. The number of aliphatic hydroxyl groups is 2. The van der Waals surface area contributed by atoms with Crippen LogP contribution < -0.4 is 0 Å². The lowest BCUT2D eigenvalue weighted by Gasteiger charge is -2.41. The third-order valence-corrected chi connectivity index (χ3v) is 3.56. The Kier molecular flexibility index (Phi) is 2.99. The molecule has 1 fully saturated rings. The van der Waals surface area contributed by atoms with Crippen molar-refractivity contribution in [2.75, 3.05) is 0 Å². The molecule has 1 aliphatic carbocycles. The summed E-state index contributed by atoms with van der Waals surface area (Å²) in [5.41, 5.74) is -0.554. The van der Waals surface area contributed by atoms with Crippen molar-refractivity contribution in [1.29, 1.82) is 0 Å². The van der Waals surface area contributed by atoms with E-state index in [4.69, 9.17) is 0 Å². The minimum absolute atomic E-state index is 0.150. The Morgan fingerprint density at radius 2 is 1.07 bits per heavy atom. The molecule has 0 spiro atoms. The minimum Gasteiger partial charge on any atom is -0.392 e. The van der Waals surface area contributed by atoms with E-state index in [9.17, 15) is 10.2 Å². The Bertz CT molecular complexity index is 206. The SMILES string of the molecule is CC(C)(C)[C@@H](O)C1([C@H](O)C(C)(C)C)CC1. The van der Waals surface area contributed by atoms with Gasteiger partial charge in [0.2, 0.25) is 0 Å². The molecule has 15 heavy (non-hydrogen) atoms. The highest BCUT2D eigenvalue weighted by Crippen LogP contribution is 2.58. The predicted molar refractivity (Wildman–Crippen MR) is 62.6 cm³/mol. The Morgan fingerprint density at radius 3 is 1.20 bits per heavy atom. The first-order valence-electron chi connectivity index (χ1n) is 5.88. The van der Waals surface area contributed by atoms with Crippen molar-refractivity contribution in [2.24, 2.45) is 16.2 Å². The van der Waals surface area contributed by atoms with Gasteiger partial charge in [-0.3, -0.25) is 0 Å². The van der Waals surface area contributed by atoms with Gasteiger partial charge in [0.15, 0.2) is 0 Å². The van der Waals surface area contributed by atoms with Crippen molar-refractivity contribution in [2.45, 2.75) is 66.6 Å². The first-order valence-corrected chi connectivity index (χ1v) is 5.88. The van der Waals surface area contributed by atoms with Crippen molar-refractivity contribution in [1.82, 2.24) is 0 Å². The van der Waals surface area contributed by atoms with Gasteiger partial charge in [0.1, 0.15) is 0 Å². The first kappa shape index (κ1) is 13.0. The molecule has 2 N–H and O–H groups in total. The van der Waals surface area contributed by atoms with Gasteiger partial charge in [-0.15, -0.1) is 0 Å². The van der Waals surface area contributed by atoms with Gasteiger partial charge in [0.25, 0.3) is 0 Å². The summed E-state index contributed by atoms with van der Waals surface area (Å²) in [5, 5.41) is 20.7. The molecule has 0 radical (unpaired) electrons. The molecule has 0 heterocycles. The van der Waals surface area contributed by atoms with Crippen LogP contribution in [0, 0.1) is 16.2 Å². The average Bonchev–Trinajstić information content (AvgIpc) is 2.78. The summed E-state index contributed by atoms with van der Waals surface area (Å²) in [6.07, 6.45) is 1.06. The van der Waals surface area contributed by atoms with E-state index in [0.717, 1.165) is 12.8 Å². The maximum Gasteiger partial charge on any atom is 0.0669 e. The van der Waals surface area contributed by atoms with Crippen molar-refractivity contribution >= 4 is 0 Å². The predicted octanol–water partition coefficient (Wildman–Crippen LogP) is 2.58. The number of hydrogen-bond acceptors (Lipinski definition) is 2. The molecule has 0 aromatic carbocycles. The summed E-state index contributed by atoms with van der Waals surface area (Å²) >= 11 is 0. The summed E-state index contributed by atoms with van der Waals surface area (Å²) in [6.45, 7) is 12.2. The van der Waals surface area contributed by atoms with Gasteiger partial charge >= 0.3 is 0 Å². The molecule has 0 aromatic heterocycles. The third-order valence-electron chi connectivity index (χ3n) is 3.56. The second kappa shape index (κ2) is 3.46. The largest absolute Gasteiger partial charge is 0.392 e. The monoisotopic (exact) mass is 214 g/mol. The zero-order valence-corrected chi connectivity index (χ0v) is 11.0. The van der Waals surface area contributed by atoms with Gasteiger partial charge in [-0.25, -0.2) is 0 Å². The van der Waals surface area contributed by atoms with E-state index in [0.29, 0.717) is 0 Å². The van der Waals surface area contributed by atoms with Gasteiger partial charge < -0.3 is 10.2 Å². The molecule has 1 saturated carbocycles. The van der Waals surface area contributed by atoms with Crippen LogP contribution in [0.4, 0.5) is 0 Å². The molecule has 0 unspecified atom stereocenters. The van der Waals surface area contributed by atoms with E-state index in [2.05, 4.69) is 0 Å². The average molecular weight is 214 g/mol. The van der Waals surface area contributed by atoms with Crippen molar-refractivity contribution < 1.29 is 10.2 Å². The van der Waals surface area contributed by atoms with Crippen LogP contribution in [0.15, 0.2) is 0 Å². The van der Waals surface area contributed by atoms with Gasteiger partial charge in [-0.2, -0.15) is 0 Å². The number of aliphatic hydroxyl groups excluding tert-OH is 2. The summed E-state index contributed by atoms with van der Waals surface area (Å²) in [5.74, 6) is 0. The van der Waals surface area contributed by atoms with E-state index in [1.807, 2.05) is 41.5 Å². The van der Waals surface area contributed by atoms with Crippen molar-refractivity contribution in [3.05, 3.63) is 0 Å². The molecule has 0 amide bonds. The Morgan fingerprint density at radius 1 is 0.800 bits per heavy atom. The van der Waals surface area contributed by atoms with E-state index in [1.165, 1.54) is 0 Å². The summed E-state index contributed by atoms with van der Waals surface area (Å²) in [7, 11) is 0. The maximum absolute atomic E-state index is 10.3. The lowest BCUT2D eigenvalue weighted by molar-refractivity contribution is -0.0952. The van der Waals surface area contributed by atoms with Crippen LogP contribution in [0.5, 0.6) is 0 Å². The molecular weight excluding hydrogens is 188 g/mol. The minimum atomic E-state index is -0.417. The lowest BCUT2D eigenvalue weighted by Crippen LogP contribution is -2.47. The van der Waals surface area contributed by atoms with E-state index in [1.54, 1.807) is 0 Å². The second-order valence-corrected chi connectivity index (χ2v) is 7.27. The van der Waals surface area contributed by atoms with Crippen molar-refractivity contribution in [3.8, 4) is 0 Å². The fourth-order valence-corrected chi connectivity index (χ4v) is 2.57. The normalized spacial score (nSPS) is 24.8. The maximum atomic E-state index is 10.3. The smallest absolute Gasteiger partial charge is 0.0669 e. The standard InChI is InChI=1S/C13H26O2/c1-11(2,3)9(14)13(7-8-13)10(15)12(4,5)6/h9-10,14-15H,7-8H2,1-6H3/t9-,10-/m1/s1. The first-order chi connectivity index (χ1) is 6.52. The zero-order valence-electron chi connectivity index (χ0n) is 11.0. The van der Waals surface area contributed by atoms with Crippen molar-refractivity contribution in [3.63, 3.8) is 0 Å². The molecule has 0 aromatic rings. The number of rotatable bonds is 2. The molecule has 2 heteroatoms. The molecule has 1 aliphatic rings. The van der Waals surface area contributed by atoms with Crippen LogP contribution in [-0.2, 0) is 0 Å². The summed E-state index contributed by atoms with van der Waals surface area (Å²) < 4.78 is 0. The van der Waals surface area contributed by atoms with Crippen LogP contribution >= 0.6 is 0 Å². The molecule has 0 bridgehead atoms. The highest BCUT2D eigenvalue weighted by Gasteiger charge is 2.59. The summed E-state index contributed by atoms with van der Waals surface area (Å²) in [6, 6.07) is 0. The van der Waals surface area contributed by atoms with Gasteiger partial charge in [0.05, 0.1) is 12.2 Å². The van der Waals surface area contributed by atoms with Crippen LogP contribution in [0.25, 0.3) is 0 Å². The third kappa shape index (κ3) is 2.36. The fourth-order valence-electron chi connectivity index (χ4n) is 2.57. The van der Waals surface area contributed by atoms with Crippen LogP contribution in [0.3, 0.4) is 0 Å². The van der Waals surface area contributed by atoms with E-state index in [-0.39, 0.29) is 16.2 Å². The molecule has 0 saturated heterocycles. The van der Waals surface area contributed by atoms with Crippen LogP contribution in [-0.4, -0.2) is 22.4 Å². The quantitative estimate of drug-likeness (QED) is 0.741. The fraction of sp³-hybridized carbons (Fsp3) is 1.00. The van der Waals surface area contributed by atoms with E-state index >= 15 is 0 Å². The molecule has 0 aliphatic heterocycles. The van der Waals surface area contributed by atoms with Gasteiger partial charge in [-0.05, 0) is 23.7 Å². The zero-order chi connectivity index (χ0) is 12.1. The van der Waals surface area contributed by atoms with Gasteiger partial charge in [0, 0.05) is 5.41 Å². The van der Waals surface area contributed by atoms with Crippen LogP contribution in [0.1, 0.15) is 54.4 Å². The highest BCUT2D eigenvalue weighted by atomic mass is 16.3. The van der Waals surface area contributed by atoms with Crippen LogP contribution in [0.2, 0.25) is 0 Å². The molecule has 90 valence electrons. The summed E-state index contributed by atoms with van der Waals surface area (Å²) in [4.78, 5) is 0. The van der Waals surface area contributed by atoms with E-state index < -0.39 is 12.2 Å². The molecular formula is C13H26O2. The lowest BCUT2D eigenvalue weighted by atomic mass is 9.70. The Hall–Kier alpha value is -0.0800. The highest BCUT2D eigenvalue weighted by molar-refractivity contribution is 5.09. The second-order valence-electron chi connectivity index (χ2n) is 7.27. The molecule has 2 atom stereocenters. The Balaban J connectivity index is 2.85. The molecule has 2 nitrogen and oxygen atoms in total. The topological polar surface area (TPSA) is 40.5 Å². The molecule has 1 rings (SSSR count). The Labute approximate surface area is 93.7 Å². The van der Waals surface area contributed by atoms with Gasteiger partial charge in [-0.1, -0.05) is 41.5 Å².